The van der Waals surface area contributed by atoms with E-state index in [1.807, 2.05) is 54.6 Å². The van der Waals surface area contributed by atoms with Gasteiger partial charge in [0.25, 0.3) is 0 Å². The number of ether oxygens (including phenoxy) is 3. The molecular formula is C29H30ClNO4S. The maximum Gasteiger partial charge on any atom is 0.308 e. The quantitative estimate of drug-likeness (QED) is 0.176. The average molecular weight is 524 g/mol. The van der Waals surface area contributed by atoms with E-state index in [9.17, 15) is 4.79 Å². The van der Waals surface area contributed by atoms with Gasteiger partial charge < -0.3 is 14.2 Å². The normalized spacial score (nSPS) is 13.7. The van der Waals surface area contributed by atoms with Gasteiger partial charge in [0.2, 0.25) is 0 Å². The van der Waals surface area contributed by atoms with Gasteiger partial charge >= 0.3 is 5.97 Å². The fourth-order valence-electron chi connectivity index (χ4n) is 4.36. The fourth-order valence-corrected chi connectivity index (χ4v) is 5.52. The Hall–Kier alpha value is -3.06. The Labute approximate surface area is 222 Å². The van der Waals surface area contributed by atoms with Gasteiger partial charge in [0.15, 0.2) is 5.75 Å². The highest BCUT2D eigenvalue weighted by Crippen LogP contribution is 2.47. The molecule has 188 valence electrons. The number of carbonyl (C=O) groups excluding carboxylic acids is 1. The lowest BCUT2D eigenvalue weighted by Gasteiger charge is -2.26. The van der Waals surface area contributed by atoms with E-state index in [1.165, 1.54) is 39.3 Å². The zero-order valence-electron chi connectivity index (χ0n) is 20.3. The maximum absolute atomic E-state index is 11.4. The first-order chi connectivity index (χ1) is 17.2. The number of halogens is 1. The number of esters is 1. The topological polar surface area (TPSA) is 48.0 Å². The summed E-state index contributed by atoms with van der Waals surface area (Å²) in [7, 11) is 0. The molecule has 1 aliphatic heterocycles. The average Bonchev–Trinajstić information content (AvgIpc) is 3.23. The van der Waals surface area contributed by atoms with Gasteiger partial charge in [-0.25, -0.2) is 0 Å². The van der Waals surface area contributed by atoms with Crippen LogP contribution in [0, 0.1) is 0 Å². The molecule has 3 aromatic carbocycles. The summed E-state index contributed by atoms with van der Waals surface area (Å²) < 4.78 is 18.7. The molecule has 1 saturated heterocycles. The lowest BCUT2D eigenvalue weighted by Crippen LogP contribution is -2.33. The van der Waals surface area contributed by atoms with Crippen molar-refractivity contribution in [3.05, 3.63) is 72.8 Å². The molecule has 4 aromatic rings. The van der Waals surface area contributed by atoms with Crippen LogP contribution in [0.2, 0.25) is 0 Å². The Morgan fingerprint density at radius 3 is 2.31 bits per heavy atom. The van der Waals surface area contributed by atoms with E-state index in [0.29, 0.717) is 12.4 Å². The van der Waals surface area contributed by atoms with E-state index in [-0.39, 0.29) is 18.4 Å². The van der Waals surface area contributed by atoms with Gasteiger partial charge in [0.1, 0.15) is 23.9 Å². The van der Waals surface area contributed by atoms with Gasteiger partial charge in [0, 0.05) is 23.6 Å². The van der Waals surface area contributed by atoms with Crippen molar-refractivity contribution in [3.8, 4) is 33.4 Å². The standard InChI is InChI=1S/C29H29NO4S.ClH/c1-21(31)33-25-14-15-26-27(20-25)35-29(22-8-4-2-5-9-22)28(26)34-24-12-10-23(11-13-24)32-19-18-30-16-6-3-7-17-30;/h2,4-5,8-15,20H,3,6-7,16-19H2,1H3;1H. The van der Waals surface area contributed by atoms with E-state index in [0.717, 1.165) is 44.3 Å². The summed E-state index contributed by atoms with van der Waals surface area (Å²) in [6.45, 7) is 5.42. The van der Waals surface area contributed by atoms with Crippen molar-refractivity contribution >= 4 is 39.8 Å². The molecule has 36 heavy (non-hydrogen) atoms. The lowest BCUT2D eigenvalue weighted by atomic mass is 10.1. The van der Waals surface area contributed by atoms with Crippen LogP contribution in [0.3, 0.4) is 0 Å². The Morgan fingerprint density at radius 1 is 0.889 bits per heavy atom. The number of hydrogen-bond acceptors (Lipinski definition) is 6. The minimum absolute atomic E-state index is 0. The predicted molar refractivity (Wildman–Crippen MR) is 148 cm³/mol. The van der Waals surface area contributed by atoms with Crippen molar-refractivity contribution in [2.75, 3.05) is 26.2 Å². The van der Waals surface area contributed by atoms with Crippen LogP contribution < -0.4 is 14.2 Å². The molecule has 7 heteroatoms. The number of nitrogens with zero attached hydrogens (tertiary/aromatic N) is 1. The summed E-state index contributed by atoms with van der Waals surface area (Å²) in [5.74, 6) is 2.58. The summed E-state index contributed by atoms with van der Waals surface area (Å²) in [6, 6.07) is 23.6. The summed E-state index contributed by atoms with van der Waals surface area (Å²) in [5.41, 5.74) is 1.08. The molecule has 1 aliphatic rings. The third kappa shape index (κ3) is 6.38. The molecule has 0 N–H and O–H groups in total. The van der Waals surface area contributed by atoms with Crippen LogP contribution in [0.15, 0.2) is 72.8 Å². The number of benzene rings is 3. The van der Waals surface area contributed by atoms with Crippen LogP contribution in [0.5, 0.6) is 23.0 Å². The summed E-state index contributed by atoms with van der Waals surface area (Å²) in [5, 5.41) is 0.978. The third-order valence-electron chi connectivity index (χ3n) is 6.08. The zero-order valence-corrected chi connectivity index (χ0v) is 21.9. The Balaban J connectivity index is 0.00000304. The first-order valence-electron chi connectivity index (χ1n) is 12.1. The van der Waals surface area contributed by atoms with Crippen molar-refractivity contribution in [2.45, 2.75) is 26.2 Å². The minimum Gasteiger partial charge on any atom is -0.492 e. The zero-order chi connectivity index (χ0) is 24.0. The van der Waals surface area contributed by atoms with Crippen molar-refractivity contribution in [3.63, 3.8) is 0 Å². The SMILES string of the molecule is CC(=O)Oc1ccc2c(Oc3ccc(OCCN4CCCCC4)cc3)c(-c3ccccc3)sc2c1.Cl. The molecule has 0 atom stereocenters. The second kappa shape index (κ2) is 12.3. The van der Waals surface area contributed by atoms with Crippen molar-refractivity contribution in [1.82, 2.24) is 4.90 Å². The molecule has 1 aromatic heterocycles. The molecule has 0 unspecified atom stereocenters. The third-order valence-corrected chi connectivity index (χ3v) is 7.26. The molecule has 1 fully saturated rings. The fraction of sp³-hybridized carbons (Fsp3) is 0.276. The van der Waals surface area contributed by atoms with Gasteiger partial charge in [-0.2, -0.15) is 0 Å². The lowest BCUT2D eigenvalue weighted by molar-refractivity contribution is -0.131. The Morgan fingerprint density at radius 2 is 1.58 bits per heavy atom. The van der Waals surface area contributed by atoms with E-state index in [2.05, 4.69) is 17.0 Å². The largest absolute Gasteiger partial charge is 0.492 e. The van der Waals surface area contributed by atoms with E-state index >= 15 is 0 Å². The molecule has 0 radical (unpaired) electrons. The molecule has 2 heterocycles. The van der Waals surface area contributed by atoms with Crippen molar-refractivity contribution in [2.24, 2.45) is 0 Å². The first-order valence-corrected chi connectivity index (χ1v) is 12.9. The van der Waals surface area contributed by atoms with Crippen LogP contribution in [0.25, 0.3) is 20.5 Å². The molecule has 0 aliphatic carbocycles. The second-order valence-corrected chi connectivity index (χ2v) is 9.75. The molecule has 5 rings (SSSR count). The molecular weight excluding hydrogens is 494 g/mol. The van der Waals surface area contributed by atoms with Gasteiger partial charge in [-0.3, -0.25) is 9.69 Å². The minimum atomic E-state index is -0.334. The van der Waals surface area contributed by atoms with Crippen LogP contribution in [-0.2, 0) is 4.79 Å². The van der Waals surface area contributed by atoms with Crippen LogP contribution in [-0.4, -0.2) is 37.1 Å². The van der Waals surface area contributed by atoms with Gasteiger partial charge in [-0.05, 0) is 74.0 Å². The Kier molecular flexibility index (Phi) is 8.86. The summed E-state index contributed by atoms with van der Waals surface area (Å²) in [4.78, 5) is 14.9. The number of carbonyl (C=O) groups is 1. The first kappa shape index (κ1) is 26.0. The maximum atomic E-state index is 11.4. The highest BCUT2D eigenvalue weighted by molar-refractivity contribution is 7.22. The Bertz CT molecular complexity index is 1280. The summed E-state index contributed by atoms with van der Waals surface area (Å²) >= 11 is 1.62. The predicted octanol–water partition coefficient (Wildman–Crippen LogP) is 7.57. The van der Waals surface area contributed by atoms with Gasteiger partial charge in [-0.1, -0.05) is 36.8 Å². The van der Waals surface area contributed by atoms with Crippen LogP contribution >= 0.6 is 23.7 Å². The van der Waals surface area contributed by atoms with Crippen LogP contribution in [0.4, 0.5) is 0 Å². The van der Waals surface area contributed by atoms with E-state index in [4.69, 9.17) is 14.2 Å². The molecule has 0 saturated carbocycles. The monoisotopic (exact) mass is 523 g/mol. The van der Waals surface area contributed by atoms with Crippen molar-refractivity contribution in [1.29, 1.82) is 0 Å². The number of rotatable bonds is 8. The van der Waals surface area contributed by atoms with E-state index < -0.39 is 0 Å². The highest BCUT2D eigenvalue weighted by atomic mass is 35.5. The highest BCUT2D eigenvalue weighted by Gasteiger charge is 2.17. The number of thiophene rings is 1. The summed E-state index contributed by atoms with van der Waals surface area (Å²) in [6.07, 6.45) is 3.93. The number of piperidine rings is 1. The number of likely N-dealkylation sites (tertiary alicyclic amines) is 1. The number of fused-ring (bicyclic) bond motifs is 1. The number of hydrogen-bond donors (Lipinski definition) is 0. The molecule has 0 amide bonds. The van der Waals surface area contributed by atoms with E-state index in [1.54, 1.807) is 17.4 Å². The smallest absolute Gasteiger partial charge is 0.308 e. The van der Waals surface area contributed by atoms with Gasteiger partial charge in [-0.15, -0.1) is 23.7 Å². The van der Waals surface area contributed by atoms with Gasteiger partial charge in [0.05, 0.1) is 4.88 Å². The molecule has 0 spiro atoms. The van der Waals surface area contributed by atoms with Crippen LogP contribution in [0.1, 0.15) is 26.2 Å². The van der Waals surface area contributed by atoms with Crippen molar-refractivity contribution < 1.29 is 19.0 Å². The molecule has 0 bridgehead atoms. The second-order valence-electron chi connectivity index (χ2n) is 8.70. The molecule has 5 nitrogen and oxygen atoms in total.